The van der Waals surface area contributed by atoms with Gasteiger partial charge in [0, 0.05) is 19.6 Å². The summed E-state index contributed by atoms with van der Waals surface area (Å²) in [6.45, 7) is 2.66. The van der Waals surface area contributed by atoms with Gasteiger partial charge >= 0.3 is 0 Å². The summed E-state index contributed by atoms with van der Waals surface area (Å²) in [5.41, 5.74) is 0.896. The van der Waals surface area contributed by atoms with Crippen molar-refractivity contribution in [1.29, 1.82) is 0 Å². The van der Waals surface area contributed by atoms with E-state index >= 15 is 0 Å². The molecule has 124 valence electrons. The van der Waals surface area contributed by atoms with Crippen LogP contribution in [0.15, 0.2) is 18.3 Å². The molecule has 2 saturated heterocycles. The molecule has 23 heavy (non-hydrogen) atoms. The molecular formula is C16H22N4O3. The first kappa shape index (κ1) is 15.7. The Morgan fingerprint density at radius 2 is 2.30 bits per heavy atom. The van der Waals surface area contributed by atoms with Crippen LogP contribution in [0.4, 0.5) is 0 Å². The van der Waals surface area contributed by atoms with Crippen molar-refractivity contribution < 1.29 is 14.3 Å². The van der Waals surface area contributed by atoms with Gasteiger partial charge in [-0.3, -0.25) is 19.5 Å². The van der Waals surface area contributed by atoms with Crippen LogP contribution in [0.1, 0.15) is 24.6 Å². The minimum absolute atomic E-state index is 0.0150. The molecule has 2 aliphatic heterocycles. The van der Waals surface area contributed by atoms with Gasteiger partial charge in [0.05, 0.1) is 38.1 Å². The number of hydrogen-bond donors (Lipinski definition) is 1. The van der Waals surface area contributed by atoms with Gasteiger partial charge in [-0.2, -0.15) is 0 Å². The van der Waals surface area contributed by atoms with Crippen LogP contribution in [0, 0.1) is 0 Å². The summed E-state index contributed by atoms with van der Waals surface area (Å²) in [6.07, 6.45) is 3.58. The van der Waals surface area contributed by atoms with Crippen molar-refractivity contribution in [3.8, 4) is 5.75 Å². The highest BCUT2D eigenvalue weighted by atomic mass is 16.5. The summed E-state index contributed by atoms with van der Waals surface area (Å²) >= 11 is 0. The van der Waals surface area contributed by atoms with Gasteiger partial charge in [0.1, 0.15) is 5.75 Å². The van der Waals surface area contributed by atoms with Gasteiger partial charge in [-0.1, -0.05) is 0 Å². The molecule has 2 amide bonds. The van der Waals surface area contributed by atoms with Gasteiger partial charge in [0.15, 0.2) is 0 Å². The number of hydrogen-bond acceptors (Lipinski definition) is 5. The fraction of sp³-hybridized carbons (Fsp3) is 0.562. The van der Waals surface area contributed by atoms with Crippen LogP contribution in [0.5, 0.6) is 5.75 Å². The average molecular weight is 318 g/mol. The topological polar surface area (TPSA) is 74.8 Å². The molecule has 7 nitrogen and oxygen atoms in total. The van der Waals surface area contributed by atoms with E-state index in [2.05, 4.69) is 10.3 Å². The number of piperazine rings is 1. The number of carbonyl (C=O) groups excluding carboxylic acids is 2. The predicted molar refractivity (Wildman–Crippen MR) is 83.9 cm³/mol. The molecule has 0 saturated carbocycles. The average Bonchev–Trinajstić information content (AvgIpc) is 3.05. The monoisotopic (exact) mass is 318 g/mol. The maximum absolute atomic E-state index is 12.6. The lowest BCUT2D eigenvalue weighted by Crippen LogP contribution is -2.51. The second kappa shape index (κ2) is 6.95. The molecule has 1 unspecified atom stereocenters. The van der Waals surface area contributed by atoms with E-state index in [4.69, 9.17) is 4.74 Å². The molecule has 0 bridgehead atoms. The molecule has 0 spiro atoms. The lowest BCUT2D eigenvalue weighted by molar-refractivity contribution is -0.134. The number of amides is 2. The molecule has 3 rings (SSSR count). The maximum Gasteiger partial charge on any atom is 0.237 e. The molecule has 3 heterocycles. The minimum atomic E-state index is -0.0150. The van der Waals surface area contributed by atoms with Crippen molar-refractivity contribution in [2.45, 2.75) is 18.9 Å². The summed E-state index contributed by atoms with van der Waals surface area (Å²) in [6, 6.07) is 3.81. The van der Waals surface area contributed by atoms with Gasteiger partial charge < -0.3 is 15.0 Å². The van der Waals surface area contributed by atoms with Gasteiger partial charge in [0.25, 0.3) is 0 Å². The smallest absolute Gasteiger partial charge is 0.237 e. The number of pyridine rings is 1. The molecule has 0 radical (unpaired) electrons. The van der Waals surface area contributed by atoms with Crippen LogP contribution in [0.2, 0.25) is 0 Å². The van der Waals surface area contributed by atoms with E-state index in [1.165, 1.54) is 0 Å². The van der Waals surface area contributed by atoms with E-state index in [-0.39, 0.29) is 17.9 Å². The highest BCUT2D eigenvalue weighted by Crippen LogP contribution is 2.31. The van der Waals surface area contributed by atoms with E-state index < -0.39 is 0 Å². The van der Waals surface area contributed by atoms with Crippen LogP contribution in [0.3, 0.4) is 0 Å². The molecule has 1 atom stereocenters. The van der Waals surface area contributed by atoms with Crippen molar-refractivity contribution in [2.24, 2.45) is 0 Å². The SMILES string of the molecule is COc1ccc(C2CCCN2C(=O)CN2CCNC(=O)C2)nc1. The number of carbonyl (C=O) groups is 2. The van der Waals surface area contributed by atoms with Crippen LogP contribution < -0.4 is 10.1 Å². The Morgan fingerprint density at radius 3 is 3.00 bits per heavy atom. The maximum atomic E-state index is 12.6. The number of ether oxygens (including phenoxy) is 1. The summed E-state index contributed by atoms with van der Waals surface area (Å²) < 4.78 is 5.13. The first-order valence-corrected chi connectivity index (χ1v) is 7.96. The molecular weight excluding hydrogens is 296 g/mol. The van der Waals surface area contributed by atoms with Crippen molar-refractivity contribution in [3.05, 3.63) is 24.0 Å². The zero-order valence-electron chi connectivity index (χ0n) is 13.3. The van der Waals surface area contributed by atoms with Gasteiger partial charge in [-0.05, 0) is 25.0 Å². The normalized spacial score (nSPS) is 22.0. The van der Waals surface area contributed by atoms with E-state index in [0.29, 0.717) is 25.4 Å². The molecule has 7 heteroatoms. The van der Waals surface area contributed by atoms with E-state index in [1.54, 1.807) is 13.3 Å². The van der Waals surface area contributed by atoms with Gasteiger partial charge in [-0.15, -0.1) is 0 Å². The third-order valence-electron chi connectivity index (χ3n) is 4.39. The number of rotatable bonds is 4. The first-order valence-electron chi connectivity index (χ1n) is 7.96. The summed E-state index contributed by atoms with van der Waals surface area (Å²) in [7, 11) is 1.61. The number of nitrogens with zero attached hydrogens (tertiary/aromatic N) is 3. The van der Waals surface area contributed by atoms with E-state index in [9.17, 15) is 9.59 Å². The van der Waals surface area contributed by atoms with Crippen molar-refractivity contribution in [2.75, 3.05) is 39.8 Å². The quantitative estimate of drug-likeness (QED) is 0.857. The Labute approximate surface area is 135 Å². The lowest BCUT2D eigenvalue weighted by atomic mass is 10.1. The third kappa shape index (κ3) is 3.61. The number of methoxy groups -OCH3 is 1. The highest BCUT2D eigenvalue weighted by Gasteiger charge is 2.32. The Bertz CT molecular complexity index is 575. The molecule has 2 aliphatic rings. The molecule has 0 aliphatic carbocycles. The second-order valence-electron chi connectivity index (χ2n) is 5.93. The number of nitrogens with one attached hydrogen (secondary N) is 1. The molecule has 2 fully saturated rings. The summed E-state index contributed by atoms with van der Waals surface area (Å²) in [5.74, 6) is 0.766. The minimum Gasteiger partial charge on any atom is -0.495 e. The van der Waals surface area contributed by atoms with Crippen molar-refractivity contribution >= 4 is 11.8 Å². The summed E-state index contributed by atoms with van der Waals surface area (Å²) in [4.78, 5) is 32.3. The van der Waals surface area contributed by atoms with Crippen molar-refractivity contribution in [3.63, 3.8) is 0 Å². The van der Waals surface area contributed by atoms with Crippen LogP contribution in [0.25, 0.3) is 0 Å². The zero-order valence-corrected chi connectivity index (χ0v) is 13.3. The first-order chi connectivity index (χ1) is 11.2. The van der Waals surface area contributed by atoms with Gasteiger partial charge in [-0.25, -0.2) is 0 Å². The standard InChI is InChI=1S/C16H22N4O3/c1-23-12-4-5-13(18-9-12)14-3-2-7-20(14)16(22)11-19-8-6-17-15(21)10-19/h4-5,9,14H,2-3,6-8,10-11H2,1H3,(H,17,21). The molecule has 1 N–H and O–H groups in total. The highest BCUT2D eigenvalue weighted by molar-refractivity contribution is 5.82. The van der Waals surface area contributed by atoms with E-state index in [0.717, 1.165) is 31.6 Å². The Morgan fingerprint density at radius 1 is 1.43 bits per heavy atom. The number of likely N-dealkylation sites (tertiary alicyclic amines) is 1. The van der Waals surface area contributed by atoms with Crippen LogP contribution >= 0.6 is 0 Å². The molecule has 0 aromatic carbocycles. The van der Waals surface area contributed by atoms with Gasteiger partial charge in [0.2, 0.25) is 11.8 Å². The Balaban J connectivity index is 1.65. The fourth-order valence-corrected chi connectivity index (χ4v) is 3.19. The van der Waals surface area contributed by atoms with E-state index in [1.807, 2.05) is 21.9 Å². The number of aromatic nitrogens is 1. The summed E-state index contributed by atoms with van der Waals surface area (Å²) in [5, 5.41) is 2.77. The van der Waals surface area contributed by atoms with Crippen molar-refractivity contribution in [1.82, 2.24) is 20.1 Å². The Kier molecular flexibility index (Phi) is 4.76. The predicted octanol–water partition coefficient (Wildman–Crippen LogP) is 0.186. The Hall–Kier alpha value is -2.15. The fourth-order valence-electron chi connectivity index (χ4n) is 3.19. The largest absolute Gasteiger partial charge is 0.495 e. The third-order valence-corrected chi connectivity index (χ3v) is 4.39. The zero-order chi connectivity index (χ0) is 16.2. The molecule has 1 aromatic heterocycles. The second-order valence-corrected chi connectivity index (χ2v) is 5.93. The molecule has 1 aromatic rings. The lowest BCUT2D eigenvalue weighted by Gasteiger charge is -2.30. The van der Waals surface area contributed by atoms with Crippen LogP contribution in [-0.2, 0) is 9.59 Å². The van der Waals surface area contributed by atoms with Crippen LogP contribution in [-0.4, -0.2) is 66.4 Å².